The zero-order chi connectivity index (χ0) is 15.9. The lowest BCUT2D eigenvalue weighted by molar-refractivity contribution is -0.136. The van der Waals surface area contributed by atoms with Gasteiger partial charge in [-0.1, -0.05) is 35.9 Å². The number of benzene rings is 2. The molecular formula is C18H16ClNO2. The second-order valence-corrected chi connectivity index (χ2v) is 5.92. The molecule has 0 saturated heterocycles. The van der Waals surface area contributed by atoms with Crippen LogP contribution in [-0.4, -0.2) is 16.1 Å². The van der Waals surface area contributed by atoms with Gasteiger partial charge in [0, 0.05) is 15.9 Å². The van der Waals surface area contributed by atoms with Gasteiger partial charge in [-0.05, 0) is 48.2 Å². The minimum absolute atomic E-state index is 0.0134. The molecule has 0 aliphatic heterocycles. The monoisotopic (exact) mass is 313 g/mol. The Morgan fingerprint density at radius 2 is 1.82 bits per heavy atom. The Bertz CT molecular complexity index is 863. The molecule has 3 aromatic rings. The van der Waals surface area contributed by atoms with Crippen molar-refractivity contribution >= 4 is 28.5 Å². The third-order valence-corrected chi connectivity index (χ3v) is 4.33. The van der Waals surface area contributed by atoms with Crippen LogP contribution in [0.25, 0.3) is 22.2 Å². The molecule has 0 spiro atoms. The van der Waals surface area contributed by atoms with E-state index in [0.29, 0.717) is 5.02 Å². The molecule has 4 heteroatoms. The molecule has 1 heterocycles. The van der Waals surface area contributed by atoms with Gasteiger partial charge in [0.25, 0.3) is 0 Å². The van der Waals surface area contributed by atoms with E-state index in [-0.39, 0.29) is 6.42 Å². The Balaban J connectivity index is 2.30. The zero-order valence-electron chi connectivity index (χ0n) is 12.4. The summed E-state index contributed by atoms with van der Waals surface area (Å²) >= 11 is 5.94. The number of halogens is 1. The summed E-state index contributed by atoms with van der Waals surface area (Å²) in [6, 6.07) is 11.5. The van der Waals surface area contributed by atoms with Crippen molar-refractivity contribution in [1.29, 1.82) is 0 Å². The van der Waals surface area contributed by atoms with Gasteiger partial charge in [0.05, 0.1) is 12.1 Å². The number of carboxylic acids is 1. The third kappa shape index (κ3) is 2.48. The lowest BCUT2D eigenvalue weighted by Gasteiger charge is -2.03. The Morgan fingerprint density at radius 3 is 2.45 bits per heavy atom. The maximum absolute atomic E-state index is 11.3. The average Bonchev–Trinajstić information content (AvgIpc) is 2.83. The number of rotatable bonds is 3. The van der Waals surface area contributed by atoms with Crippen LogP contribution in [0.15, 0.2) is 36.4 Å². The highest BCUT2D eigenvalue weighted by Crippen LogP contribution is 2.33. The molecule has 22 heavy (non-hydrogen) atoms. The van der Waals surface area contributed by atoms with E-state index in [1.165, 1.54) is 5.56 Å². The molecular weight excluding hydrogens is 298 g/mol. The van der Waals surface area contributed by atoms with Crippen molar-refractivity contribution in [3.05, 3.63) is 58.1 Å². The van der Waals surface area contributed by atoms with E-state index >= 15 is 0 Å². The number of aliphatic carboxylic acids is 1. The average molecular weight is 314 g/mol. The minimum atomic E-state index is -0.839. The van der Waals surface area contributed by atoms with Crippen LogP contribution < -0.4 is 0 Å². The van der Waals surface area contributed by atoms with E-state index in [4.69, 9.17) is 11.6 Å². The molecule has 1 aromatic heterocycles. The predicted molar refractivity (Wildman–Crippen MR) is 89.6 cm³/mol. The van der Waals surface area contributed by atoms with Gasteiger partial charge < -0.3 is 10.1 Å². The number of fused-ring (bicyclic) bond motifs is 1. The maximum Gasteiger partial charge on any atom is 0.307 e. The Kier molecular flexibility index (Phi) is 3.67. The highest BCUT2D eigenvalue weighted by Gasteiger charge is 2.17. The summed E-state index contributed by atoms with van der Waals surface area (Å²) in [6.07, 6.45) is -0.0134. The first kappa shape index (κ1) is 14.7. The van der Waals surface area contributed by atoms with Crippen LogP contribution in [0.3, 0.4) is 0 Å². The van der Waals surface area contributed by atoms with E-state index in [9.17, 15) is 9.90 Å². The Labute approximate surface area is 133 Å². The van der Waals surface area contributed by atoms with Gasteiger partial charge >= 0.3 is 5.97 Å². The SMILES string of the molecule is Cc1ccc2c(CC(=O)O)c(-c3ccc(Cl)cc3)[nH]c2c1C. The van der Waals surface area contributed by atoms with Crippen molar-refractivity contribution in [2.75, 3.05) is 0 Å². The summed E-state index contributed by atoms with van der Waals surface area (Å²) in [5.41, 5.74) is 5.92. The summed E-state index contributed by atoms with van der Waals surface area (Å²) in [6.45, 7) is 4.10. The molecule has 0 bridgehead atoms. The van der Waals surface area contributed by atoms with Gasteiger partial charge in [-0.2, -0.15) is 0 Å². The minimum Gasteiger partial charge on any atom is -0.481 e. The van der Waals surface area contributed by atoms with Crippen LogP contribution in [0.1, 0.15) is 16.7 Å². The summed E-state index contributed by atoms with van der Waals surface area (Å²) < 4.78 is 0. The van der Waals surface area contributed by atoms with Crippen LogP contribution >= 0.6 is 11.6 Å². The number of carbonyl (C=O) groups is 1. The number of carboxylic acid groups (broad SMARTS) is 1. The van der Waals surface area contributed by atoms with Crippen molar-refractivity contribution < 1.29 is 9.90 Å². The number of hydrogen-bond acceptors (Lipinski definition) is 1. The molecule has 0 fully saturated rings. The van der Waals surface area contributed by atoms with E-state index in [0.717, 1.165) is 33.3 Å². The normalized spacial score (nSPS) is 11.0. The molecule has 0 aliphatic carbocycles. The molecule has 2 N–H and O–H groups in total. The first-order valence-corrected chi connectivity index (χ1v) is 7.43. The summed E-state index contributed by atoms with van der Waals surface area (Å²) in [4.78, 5) is 14.7. The summed E-state index contributed by atoms with van der Waals surface area (Å²) in [5.74, 6) is -0.839. The van der Waals surface area contributed by atoms with Gasteiger partial charge in [0.2, 0.25) is 0 Å². The van der Waals surface area contributed by atoms with Crippen LogP contribution in [-0.2, 0) is 11.2 Å². The molecule has 0 amide bonds. The lowest BCUT2D eigenvalue weighted by atomic mass is 10.0. The highest BCUT2D eigenvalue weighted by atomic mass is 35.5. The van der Waals surface area contributed by atoms with Crippen LogP contribution in [0.4, 0.5) is 0 Å². The van der Waals surface area contributed by atoms with E-state index in [1.54, 1.807) is 0 Å². The number of nitrogens with one attached hydrogen (secondary N) is 1. The van der Waals surface area contributed by atoms with Gasteiger partial charge in [-0.3, -0.25) is 4.79 Å². The van der Waals surface area contributed by atoms with E-state index in [2.05, 4.69) is 11.9 Å². The smallest absolute Gasteiger partial charge is 0.307 e. The molecule has 0 radical (unpaired) electrons. The molecule has 2 aromatic carbocycles. The fourth-order valence-electron chi connectivity index (χ4n) is 2.76. The van der Waals surface area contributed by atoms with Crippen LogP contribution in [0.2, 0.25) is 5.02 Å². The quantitative estimate of drug-likeness (QED) is 0.734. The van der Waals surface area contributed by atoms with E-state index < -0.39 is 5.97 Å². The van der Waals surface area contributed by atoms with E-state index in [1.807, 2.05) is 43.3 Å². The first-order valence-electron chi connectivity index (χ1n) is 7.06. The van der Waals surface area contributed by atoms with Crippen molar-refractivity contribution in [2.24, 2.45) is 0 Å². The largest absolute Gasteiger partial charge is 0.481 e. The molecule has 112 valence electrons. The molecule has 0 saturated carbocycles. The van der Waals surface area contributed by atoms with Gasteiger partial charge in [0.1, 0.15) is 0 Å². The zero-order valence-corrected chi connectivity index (χ0v) is 13.2. The molecule has 3 rings (SSSR count). The summed E-state index contributed by atoms with van der Waals surface area (Å²) in [7, 11) is 0. The number of aromatic nitrogens is 1. The van der Waals surface area contributed by atoms with Crippen molar-refractivity contribution in [1.82, 2.24) is 4.98 Å². The van der Waals surface area contributed by atoms with Crippen molar-refractivity contribution in [3.8, 4) is 11.3 Å². The highest BCUT2D eigenvalue weighted by molar-refractivity contribution is 6.30. The lowest BCUT2D eigenvalue weighted by Crippen LogP contribution is -2.00. The number of aryl methyl sites for hydroxylation is 2. The standard InChI is InChI=1S/C18H16ClNO2/c1-10-3-8-14-15(9-16(21)22)18(20-17(14)11(10)2)12-4-6-13(19)7-5-12/h3-8,20H,9H2,1-2H3,(H,21,22). The Morgan fingerprint density at radius 1 is 1.14 bits per heavy atom. The van der Waals surface area contributed by atoms with Crippen molar-refractivity contribution in [3.63, 3.8) is 0 Å². The number of hydrogen-bond donors (Lipinski definition) is 2. The van der Waals surface area contributed by atoms with Gasteiger partial charge in [-0.15, -0.1) is 0 Å². The Hall–Kier alpha value is -2.26. The van der Waals surface area contributed by atoms with Crippen LogP contribution in [0, 0.1) is 13.8 Å². The maximum atomic E-state index is 11.3. The topological polar surface area (TPSA) is 53.1 Å². The third-order valence-electron chi connectivity index (χ3n) is 4.07. The van der Waals surface area contributed by atoms with Crippen molar-refractivity contribution in [2.45, 2.75) is 20.3 Å². The fraction of sp³-hybridized carbons (Fsp3) is 0.167. The molecule has 0 unspecified atom stereocenters. The van der Waals surface area contributed by atoms with Crippen LogP contribution in [0.5, 0.6) is 0 Å². The molecule has 3 nitrogen and oxygen atoms in total. The van der Waals surface area contributed by atoms with Gasteiger partial charge in [-0.25, -0.2) is 0 Å². The molecule has 0 aliphatic rings. The number of aromatic amines is 1. The number of H-pyrrole nitrogens is 1. The second kappa shape index (κ2) is 5.50. The second-order valence-electron chi connectivity index (χ2n) is 5.49. The summed E-state index contributed by atoms with van der Waals surface area (Å²) in [5, 5.41) is 10.9. The predicted octanol–water partition coefficient (Wildman–Crippen LogP) is 4.73. The fourth-order valence-corrected chi connectivity index (χ4v) is 2.89. The first-order chi connectivity index (χ1) is 10.5. The molecule has 0 atom stereocenters. The van der Waals surface area contributed by atoms with Gasteiger partial charge in [0.15, 0.2) is 0 Å².